The topological polar surface area (TPSA) is 49.8 Å². The quantitative estimate of drug-likeness (QED) is 0.838. The summed E-state index contributed by atoms with van der Waals surface area (Å²) in [6.45, 7) is 7.43. The van der Waals surface area contributed by atoms with Crippen LogP contribution in [0.1, 0.15) is 38.2 Å². The maximum absolute atomic E-state index is 4.46. The Bertz CT molecular complexity index is 378. The Kier molecular flexibility index (Phi) is 3.94. The van der Waals surface area contributed by atoms with Gasteiger partial charge in [0.25, 0.3) is 0 Å². The third kappa shape index (κ3) is 3.16. The molecule has 1 aliphatic rings. The molecule has 17 heavy (non-hydrogen) atoms. The molecule has 2 rings (SSSR count). The minimum atomic E-state index is 0.475. The summed E-state index contributed by atoms with van der Waals surface area (Å²) in [5.74, 6) is 1.82. The number of aryl methyl sites for hydroxylation is 2. The van der Waals surface area contributed by atoms with E-state index < -0.39 is 0 Å². The van der Waals surface area contributed by atoms with Crippen molar-refractivity contribution in [1.29, 1.82) is 0 Å². The minimum Gasteiger partial charge on any atom is -0.366 e. The third-order valence-electron chi connectivity index (χ3n) is 3.35. The molecular formula is C13H22N4. The molecule has 0 radical (unpaired) electrons. The lowest BCUT2D eigenvalue weighted by molar-refractivity contribution is 0.388. The molecule has 4 heteroatoms. The summed E-state index contributed by atoms with van der Waals surface area (Å²) in [5, 5.41) is 7.02. The van der Waals surface area contributed by atoms with Gasteiger partial charge in [-0.2, -0.15) is 0 Å². The van der Waals surface area contributed by atoms with Crippen molar-refractivity contribution in [2.24, 2.45) is 0 Å². The van der Waals surface area contributed by atoms with E-state index in [1.807, 2.05) is 6.92 Å². The summed E-state index contributed by atoms with van der Waals surface area (Å²) < 4.78 is 0. The number of nitrogens with zero attached hydrogens (tertiary/aromatic N) is 2. The monoisotopic (exact) mass is 234 g/mol. The molecule has 1 aromatic rings. The molecule has 2 N–H and O–H groups in total. The predicted octanol–water partition coefficient (Wildman–Crippen LogP) is 1.90. The van der Waals surface area contributed by atoms with Gasteiger partial charge in [-0.3, -0.25) is 0 Å². The Balaban J connectivity index is 2.09. The molecule has 1 fully saturated rings. The summed E-state index contributed by atoms with van der Waals surface area (Å²) in [4.78, 5) is 8.86. The number of anilines is 1. The zero-order chi connectivity index (χ0) is 12.3. The van der Waals surface area contributed by atoms with Gasteiger partial charge in [0.2, 0.25) is 0 Å². The Labute approximate surface area is 103 Å². The molecule has 94 valence electrons. The lowest BCUT2D eigenvalue weighted by Gasteiger charge is -2.31. The van der Waals surface area contributed by atoms with Gasteiger partial charge in [0, 0.05) is 23.8 Å². The van der Waals surface area contributed by atoms with E-state index in [0.29, 0.717) is 12.1 Å². The minimum absolute atomic E-state index is 0.475. The van der Waals surface area contributed by atoms with Gasteiger partial charge in [-0.15, -0.1) is 0 Å². The number of hydrogen-bond acceptors (Lipinski definition) is 4. The molecule has 1 aliphatic heterocycles. The van der Waals surface area contributed by atoms with E-state index in [1.54, 1.807) is 0 Å². The van der Waals surface area contributed by atoms with Crippen molar-refractivity contribution in [3.8, 4) is 0 Å². The smallest absolute Gasteiger partial charge is 0.130 e. The molecule has 0 aliphatic carbocycles. The number of rotatable bonds is 3. The van der Waals surface area contributed by atoms with E-state index in [-0.39, 0.29) is 0 Å². The number of piperidine rings is 1. The summed E-state index contributed by atoms with van der Waals surface area (Å²) in [6, 6.07) is 3.04. The highest BCUT2D eigenvalue weighted by molar-refractivity contribution is 5.37. The molecule has 1 saturated heterocycles. The van der Waals surface area contributed by atoms with Crippen molar-refractivity contribution in [1.82, 2.24) is 15.3 Å². The second-order valence-corrected chi connectivity index (χ2v) is 4.78. The predicted molar refractivity (Wildman–Crippen MR) is 70.3 cm³/mol. The first-order chi connectivity index (χ1) is 8.19. The van der Waals surface area contributed by atoms with Crippen LogP contribution in [0, 0.1) is 6.92 Å². The van der Waals surface area contributed by atoms with Crippen molar-refractivity contribution >= 4 is 5.82 Å². The van der Waals surface area contributed by atoms with Gasteiger partial charge in [0.15, 0.2) is 0 Å². The van der Waals surface area contributed by atoms with Crippen molar-refractivity contribution in [2.75, 3.05) is 11.9 Å². The highest BCUT2D eigenvalue weighted by Gasteiger charge is 2.20. The Morgan fingerprint density at radius 3 is 3.00 bits per heavy atom. The normalized spacial score (nSPS) is 24.6. The van der Waals surface area contributed by atoms with E-state index in [9.17, 15) is 0 Å². The first-order valence-electron chi connectivity index (χ1n) is 6.53. The lowest BCUT2D eigenvalue weighted by Crippen LogP contribution is -2.46. The fraction of sp³-hybridized carbons (Fsp3) is 0.692. The average Bonchev–Trinajstić information content (AvgIpc) is 2.31. The van der Waals surface area contributed by atoms with Crippen LogP contribution in [-0.2, 0) is 6.42 Å². The molecule has 1 aromatic heterocycles. The summed E-state index contributed by atoms with van der Waals surface area (Å²) in [6.07, 6.45) is 3.39. The summed E-state index contributed by atoms with van der Waals surface area (Å²) in [5.41, 5.74) is 1.11. The highest BCUT2D eigenvalue weighted by Crippen LogP contribution is 2.15. The van der Waals surface area contributed by atoms with Crippen LogP contribution in [0.2, 0.25) is 0 Å². The molecule has 0 saturated carbocycles. The number of hydrogen-bond donors (Lipinski definition) is 2. The van der Waals surface area contributed by atoms with E-state index in [4.69, 9.17) is 0 Å². The standard InChI is InChI=1S/C13H22N4/c1-4-11-8-13(16-10(3)15-11)17-12-6-5-7-14-9(12)2/h8-9,12,14H,4-7H2,1-3H3,(H,15,16,17). The van der Waals surface area contributed by atoms with Gasteiger partial charge in [0.1, 0.15) is 11.6 Å². The fourth-order valence-electron chi connectivity index (χ4n) is 2.32. The van der Waals surface area contributed by atoms with Crippen LogP contribution in [0.3, 0.4) is 0 Å². The Morgan fingerprint density at radius 2 is 2.29 bits per heavy atom. The molecule has 0 aromatic carbocycles. The fourth-order valence-corrected chi connectivity index (χ4v) is 2.32. The number of aromatic nitrogens is 2. The van der Waals surface area contributed by atoms with E-state index in [1.165, 1.54) is 12.8 Å². The first-order valence-corrected chi connectivity index (χ1v) is 6.53. The molecule has 2 unspecified atom stereocenters. The van der Waals surface area contributed by atoms with Crippen LogP contribution >= 0.6 is 0 Å². The van der Waals surface area contributed by atoms with E-state index >= 15 is 0 Å². The van der Waals surface area contributed by atoms with E-state index in [2.05, 4.69) is 40.5 Å². The average molecular weight is 234 g/mol. The maximum atomic E-state index is 4.46. The van der Waals surface area contributed by atoms with Gasteiger partial charge in [-0.1, -0.05) is 6.92 Å². The molecule has 4 nitrogen and oxygen atoms in total. The van der Waals surface area contributed by atoms with Crippen LogP contribution in [0.5, 0.6) is 0 Å². The van der Waals surface area contributed by atoms with Crippen LogP contribution in [0.15, 0.2) is 6.07 Å². The maximum Gasteiger partial charge on any atom is 0.130 e. The van der Waals surface area contributed by atoms with Gasteiger partial charge in [-0.05, 0) is 39.7 Å². The van der Waals surface area contributed by atoms with Gasteiger partial charge in [-0.25, -0.2) is 9.97 Å². The molecule has 2 atom stereocenters. The van der Waals surface area contributed by atoms with Crippen molar-refractivity contribution < 1.29 is 0 Å². The molecule has 0 amide bonds. The Morgan fingerprint density at radius 1 is 1.47 bits per heavy atom. The highest BCUT2D eigenvalue weighted by atomic mass is 15.1. The van der Waals surface area contributed by atoms with Crippen LogP contribution in [-0.4, -0.2) is 28.6 Å². The van der Waals surface area contributed by atoms with Crippen LogP contribution in [0.4, 0.5) is 5.82 Å². The van der Waals surface area contributed by atoms with Gasteiger partial charge in [0.05, 0.1) is 0 Å². The summed E-state index contributed by atoms with van der Waals surface area (Å²) >= 11 is 0. The molecule has 0 spiro atoms. The lowest BCUT2D eigenvalue weighted by atomic mass is 10.00. The second kappa shape index (κ2) is 5.45. The first kappa shape index (κ1) is 12.3. The van der Waals surface area contributed by atoms with Crippen molar-refractivity contribution in [2.45, 2.75) is 52.1 Å². The molecular weight excluding hydrogens is 212 g/mol. The van der Waals surface area contributed by atoms with E-state index in [0.717, 1.165) is 30.3 Å². The Hall–Kier alpha value is -1.16. The van der Waals surface area contributed by atoms with Gasteiger partial charge < -0.3 is 10.6 Å². The van der Waals surface area contributed by atoms with Gasteiger partial charge >= 0.3 is 0 Å². The molecule has 0 bridgehead atoms. The molecule has 2 heterocycles. The third-order valence-corrected chi connectivity index (χ3v) is 3.35. The number of nitrogens with one attached hydrogen (secondary N) is 2. The van der Waals surface area contributed by atoms with Crippen LogP contribution < -0.4 is 10.6 Å². The van der Waals surface area contributed by atoms with Crippen molar-refractivity contribution in [3.05, 3.63) is 17.6 Å². The zero-order valence-electron chi connectivity index (χ0n) is 11.0. The largest absolute Gasteiger partial charge is 0.366 e. The van der Waals surface area contributed by atoms with Crippen LogP contribution in [0.25, 0.3) is 0 Å². The summed E-state index contributed by atoms with van der Waals surface area (Å²) in [7, 11) is 0. The van der Waals surface area contributed by atoms with Crippen molar-refractivity contribution in [3.63, 3.8) is 0 Å². The SMILES string of the molecule is CCc1cc(NC2CCCNC2C)nc(C)n1. The zero-order valence-corrected chi connectivity index (χ0v) is 11.0. The second-order valence-electron chi connectivity index (χ2n) is 4.78.